The van der Waals surface area contributed by atoms with Gasteiger partial charge in [0.2, 0.25) is 5.88 Å². The second-order valence-corrected chi connectivity index (χ2v) is 9.60. The number of carbonyl (C=O) groups is 1. The zero-order valence-electron chi connectivity index (χ0n) is 21.4. The normalized spacial score (nSPS) is 19.4. The Hall–Kier alpha value is -2.99. The van der Waals surface area contributed by atoms with Crippen molar-refractivity contribution in [3.05, 3.63) is 59.0 Å². The van der Waals surface area contributed by atoms with Gasteiger partial charge in [0.1, 0.15) is 23.6 Å². The van der Waals surface area contributed by atoms with E-state index in [4.69, 9.17) is 4.74 Å². The molecule has 8 heteroatoms. The van der Waals surface area contributed by atoms with Gasteiger partial charge < -0.3 is 19.8 Å². The summed E-state index contributed by atoms with van der Waals surface area (Å²) in [6.45, 7) is 7.19. The predicted molar refractivity (Wildman–Crippen MR) is 136 cm³/mol. The average Bonchev–Trinajstić information content (AvgIpc) is 2.86. The molecule has 2 aromatic rings. The summed E-state index contributed by atoms with van der Waals surface area (Å²) >= 11 is 0. The van der Waals surface area contributed by atoms with E-state index in [0.29, 0.717) is 31.6 Å². The van der Waals surface area contributed by atoms with Crippen molar-refractivity contribution in [2.24, 2.45) is 5.92 Å². The van der Waals surface area contributed by atoms with Gasteiger partial charge in [-0.25, -0.2) is 9.37 Å². The van der Waals surface area contributed by atoms with Gasteiger partial charge in [0.05, 0.1) is 12.6 Å². The van der Waals surface area contributed by atoms with E-state index >= 15 is 0 Å². The first-order valence-corrected chi connectivity index (χ1v) is 12.4. The number of carbonyl (C=O) groups excluding carboxylic acids is 1. The Morgan fingerprint density at radius 1 is 1.33 bits per heavy atom. The number of ether oxygens (including phenoxy) is 1. The van der Waals surface area contributed by atoms with E-state index in [1.807, 2.05) is 20.9 Å². The van der Waals surface area contributed by atoms with E-state index in [1.54, 1.807) is 36.2 Å². The van der Waals surface area contributed by atoms with Gasteiger partial charge in [0.15, 0.2) is 0 Å². The van der Waals surface area contributed by atoms with Crippen LogP contribution in [0, 0.1) is 23.6 Å². The van der Waals surface area contributed by atoms with E-state index < -0.39 is 6.10 Å². The Labute approximate surface area is 212 Å². The zero-order valence-corrected chi connectivity index (χ0v) is 21.4. The monoisotopic (exact) mass is 497 g/mol. The van der Waals surface area contributed by atoms with E-state index in [-0.39, 0.29) is 47.8 Å². The third-order valence-corrected chi connectivity index (χ3v) is 6.32. The molecule has 36 heavy (non-hydrogen) atoms. The number of fused-ring (bicyclic) bond motifs is 1. The molecule has 7 nitrogen and oxygen atoms in total. The summed E-state index contributed by atoms with van der Waals surface area (Å²) < 4.78 is 19.6. The Kier molecular flexibility index (Phi) is 9.82. The molecule has 194 valence electrons. The lowest BCUT2D eigenvalue weighted by Gasteiger charge is -2.37. The smallest absolute Gasteiger partial charge is 0.259 e. The fourth-order valence-electron chi connectivity index (χ4n) is 4.17. The standard InChI is InChI=1S/C28H36FN3O4/c1-5-6-24(34)12-9-22-13-25-27(30-14-22)36-26(19(2)15-32(28(25)35)20(3)18-33)17-31(4)16-21-7-10-23(29)11-8-21/h7-8,10-11,13-14,19-20,24,26,33-34H,5-6,15-18H2,1-4H3/t19-,20+,24?,26-/m0/s1. The van der Waals surface area contributed by atoms with Crippen LogP contribution in [0.3, 0.4) is 0 Å². The van der Waals surface area contributed by atoms with Gasteiger partial charge in [-0.05, 0) is 44.2 Å². The summed E-state index contributed by atoms with van der Waals surface area (Å²) in [4.78, 5) is 21.7. The molecule has 0 bridgehead atoms. The van der Waals surface area contributed by atoms with Crippen molar-refractivity contribution in [3.8, 4) is 17.7 Å². The van der Waals surface area contributed by atoms with Gasteiger partial charge in [-0.15, -0.1) is 0 Å². The van der Waals surface area contributed by atoms with Gasteiger partial charge in [0.25, 0.3) is 5.91 Å². The molecule has 2 N–H and O–H groups in total. The van der Waals surface area contributed by atoms with Crippen LogP contribution in [0.4, 0.5) is 4.39 Å². The minimum atomic E-state index is -0.739. The molecule has 1 aromatic carbocycles. The maximum atomic E-state index is 13.5. The zero-order chi connectivity index (χ0) is 26.2. The predicted octanol–water partition coefficient (Wildman–Crippen LogP) is 3.09. The molecule has 2 heterocycles. The van der Waals surface area contributed by atoms with Gasteiger partial charge in [-0.2, -0.15) is 0 Å². The number of rotatable bonds is 8. The van der Waals surface area contributed by atoms with Crippen molar-refractivity contribution in [1.29, 1.82) is 0 Å². The number of nitrogens with zero attached hydrogens (tertiary/aromatic N) is 3. The SMILES string of the molecule is CCCC(O)C#Cc1cnc2c(c1)C(=O)N([C@H](C)CO)C[C@H](C)[C@H](CN(C)Cc1ccc(F)cc1)O2. The molecule has 0 aliphatic carbocycles. The Balaban J connectivity index is 1.88. The summed E-state index contributed by atoms with van der Waals surface area (Å²) in [6.07, 6.45) is 1.90. The van der Waals surface area contributed by atoms with E-state index in [2.05, 4.69) is 21.7 Å². The fraction of sp³-hybridized carbons (Fsp3) is 0.500. The van der Waals surface area contributed by atoms with Crippen LogP contribution in [0.25, 0.3) is 0 Å². The number of aliphatic hydroxyl groups excluding tert-OH is 2. The highest BCUT2D eigenvalue weighted by atomic mass is 19.1. The van der Waals surface area contributed by atoms with Crippen LogP contribution in [0.1, 0.15) is 55.1 Å². The highest BCUT2D eigenvalue weighted by Gasteiger charge is 2.34. The molecule has 1 aliphatic rings. The van der Waals surface area contributed by atoms with Crippen LogP contribution in [-0.2, 0) is 6.54 Å². The molecule has 0 radical (unpaired) electrons. The van der Waals surface area contributed by atoms with Crippen molar-refractivity contribution in [1.82, 2.24) is 14.8 Å². The molecule has 1 unspecified atom stereocenters. The van der Waals surface area contributed by atoms with Crippen LogP contribution in [-0.4, -0.2) is 75.9 Å². The molecule has 1 aromatic heterocycles. The number of aromatic nitrogens is 1. The third kappa shape index (κ3) is 7.26. The van der Waals surface area contributed by atoms with E-state index in [1.165, 1.54) is 12.1 Å². The summed E-state index contributed by atoms with van der Waals surface area (Å²) in [5.74, 6) is 5.33. The Bertz CT molecular complexity index is 1080. The molecule has 1 amide bonds. The summed E-state index contributed by atoms with van der Waals surface area (Å²) in [7, 11) is 1.96. The van der Waals surface area contributed by atoms with Crippen molar-refractivity contribution in [2.75, 3.05) is 26.7 Å². The molecule has 4 atom stereocenters. The van der Waals surface area contributed by atoms with Crippen LogP contribution in [0.5, 0.6) is 5.88 Å². The number of aliphatic hydroxyl groups is 2. The Morgan fingerprint density at radius 2 is 2.06 bits per heavy atom. The molecule has 0 saturated heterocycles. The third-order valence-electron chi connectivity index (χ3n) is 6.32. The minimum absolute atomic E-state index is 0.0442. The first-order valence-electron chi connectivity index (χ1n) is 12.4. The summed E-state index contributed by atoms with van der Waals surface area (Å²) in [5, 5.41) is 19.8. The summed E-state index contributed by atoms with van der Waals surface area (Å²) in [6, 6.07) is 7.66. The fourth-order valence-corrected chi connectivity index (χ4v) is 4.17. The largest absolute Gasteiger partial charge is 0.472 e. The highest BCUT2D eigenvalue weighted by Crippen LogP contribution is 2.27. The van der Waals surface area contributed by atoms with Crippen molar-refractivity contribution < 1.29 is 24.1 Å². The van der Waals surface area contributed by atoms with Gasteiger partial charge >= 0.3 is 0 Å². The van der Waals surface area contributed by atoms with Crippen molar-refractivity contribution in [3.63, 3.8) is 0 Å². The quantitative estimate of drug-likeness (QED) is 0.546. The van der Waals surface area contributed by atoms with Crippen molar-refractivity contribution in [2.45, 2.75) is 58.4 Å². The molecule has 3 rings (SSSR count). The number of hydrogen-bond donors (Lipinski definition) is 2. The number of pyridine rings is 1. The number of likely N-dealkylation sites (N-methyl/N-ethyl adjacent to an activating group) is 1. The van der Waals surface area contributed by atoms with Crippen LogP contribution < -0.4 is 4.74 Å². The van der Waals surface area contributed by atoms with Crippen LogP contribution in [0.15, 0.2) is 36.5 Å². The number of benzene rings is 1. The molecule has 1 aliphatic heterocycles. The number of halogens is 1. The molecular weight excluding hydrogens is 461 g/mol. The average molecular weight is 498 g/mol. The highest BCUT2D eigenvalue weighted by molar-refractivity contribution is 5.97. The van der Waals surface area contributed by atoms with Crippen molar-refractivity contribution >= 4 is 5.91 Å². The first-order chi connectivity index (χ1) is 17.2. The Morgan fingerprint density at radius 3 is 2.72 bits per heavy atom. The van der Waals surface area contributed by atoms with Crippen LogP contribution >= 0.6 is 0 Å². The minimum Gasteiger partial charge on any atom is -0.472 e. The molecule has 0 spiro atoms. The van der Waals surface area contributed by atoms with E-state index in [0.717, 1.165) is 12.0 Å². The first kappa shape index (κ1) is 27.6. The lowest BCUT2D eigenvalue weighted by molar-refractivity contribution is 0.0325. The topological polar surface area (TPSA) is 86.1 Å². The lowest BCUT2D eigenvalue weighted by atomic mass is 9.99. The van der Waals surface area contributed by atoms with Gasteiger partial charge in [0, 0.05) is 37.3 Å². The van der Waals surface area contributed by atoms with Gasteiger partial charge in [-0.1, -0.05) is 44.2 Å². The second kappa shape index (κ2) is 12.8. The summed E-state index contributed by atoms with van der Waals surface area (Å²) in [5.41, 5.74) is 1.77. The maximum absolute atomic E-state index is 13.5. The van der Waals surface area contributed by atoms with E-state index in [9.17, 15) is 19.4 Å². The second-order valence-electron chi connectivity index (χ2n) is 9.60. The van der Waals surface area contributed by atoms with Gasteiger partial charge in [-0.3, -0.25) is 9.69 Å². The van der Waals surface area contributed by atoms with Crippen LogP contribution in [0.2, 0.25) is 0 Å². The maximum Gasteiger partial charge on any atom is 0.259 e. The number of amides is 1. The molecule has 0 fully saturated rings. The lowest BCUT2D eigenvalue weighted by Crippen LogP contribution is -2.49. The molecule has 0 saturated carbocycles. The molecular formula is C28H36FN3O4. The number of hydrogen-bond acceptors (Lipinski definition) is 6.